The number of halogens is 2. The van der Waals surface area contributed by atoms with Crippen LogP contribution in [0.3, 0.4) is 0 Å². The molecular formula is C15H15F2N3O2. The lowest BCUT2D eigenvalue weighted by Crippen LogP contribution is -2.47. The van der Waals surface area contributed by atoms with E-state index in [9.17, 15) is 18.7 Å². The molecule has 116 valence electrons. The molecule has 1 saturated carbocycles. The van der Waals surface area contributed by atoms with Crippen LogP contribution in [0.2, 0.25) is 0 Å². The van der Waals surface area contributed by atoms with E-state index >= 15 is 0 Å². The third kappa shape index (κ3) is 1.85. The summed E-state index contributed by atoms with van der Waals surface area (Å²) in [5.74, 6) is -1.52. The average molecular weight is 307 g/mol. The molecule has 0 amide bonds. The third-order valence-electron chi connectivity index (χ3n) is 4.88. The molecule has 2 aliphatic rings. The lowest BCUT2D eigenvalue weighted by atomic mass is 10.0. The number of benzene rings is 1. The molecular weight excluding hydrogens is 292 g/mol. The Bertz CT molecular complexity index is 775. The van der Waals surface area contributed by atoms with Gasteiger partial charge >= 0.3 is 5.97 Å². The third-order valence-corrected chi connectivity index (χ3v) is 4.88. The van der Waals surface area contributed by atoms with Crippen LogP contribution in [-0.4, -0.2) is 38.0 Å². The zero-order valence-electron chi connectivity index (χ0n) is 11.8. The van der Waals surface area contributed by atoms with Gasteiger partial charge in [0.1, 0.15) is 22.7 Å². The van der Waals surface area contributed by atoms with E-state index in [2.05, 4.69) is 9.97 Å². The van der Waals surface area contributed by atoms with Gasteiger partial charge in [0.25, 0.3) is 0 Å². The van der Waals surface area contributed by atoms with Crippen LogP contribution in [-0.2, 0) is 11.3 Å². The summed E-state index contributed by atoms with van der Waals surface area (Å²) in [6, 6.07) is 1.99. The molecule has 7 heteroatoms. The predicted octanol–water partition coefficient (Wildman–Crippen LogP) is 2.28. The van der Waals surface area contributed by atoms with E-state index in [4.69, 9.17) is 0 Å². The van der Waals surface area contributed by atoms with Gasteiger partial charge < -0.3 is 10.1 Å². The fourth-order valence-corrected chi connectivity index (χ4v) is 3.74. The van der Waals surface area contributed by atoms with Crippen molar-refractivity contribution in [2.24, 2.45) is 5.92 Å². The number of likely N-dealkylation sites (tertiary alicyclic amines) is 1. The van der Waals surface area contributed by atoms with E-state index in [1.54, 1.807) is 0 Å². The predicted molar refractivity (Wildman–Crippen MR) is 74.1 cm³/mol. The second kappa shape index (κ2) is 4.49. The quantitative estimate of drug-likeness (QED) is 0.913. The molecule has 1 aliphatic heterocycles. The topological polar surface area (TPSA) is 69.2 Å². The molecule has 5 nitrogen and oxygen atoms in total. The van der Waals surface area contributed by atoms with Crippen molar-refractivity contribution in [2.75, 3.05) is 6.54 Å². The van der Waals surface area contributed by atoms with E-state index in [0.717, 1.165) is 18.9 Å². The zero-order chi connectivity index (χ0) is 15.5. The molecule has 0 bridgehead atoms. The molecule has 2 atom stereocenters. The van der Waals surface area contributed by atoms with E-state index in [1.807, 2.05) is 4.90 Å². The smallest absolute Gasteiger partial charge is 0.324 e. The summed E-state index contributed by atoms with van der Waals surface area (Å²) in [6.07, 6.45) is 2.54. The number of aromatic amines is 1. The van der Waals surface area contributed by atoms with Crippen molar-refractivity contribution in [2.45, 2.75) is 31.3 Å². The Kier molecular flexibility index (Phi) is 2.78. The lowest BCUT2D eigenvalue weighted by molar-refractivity contribution is -0.147. The fourth-order valence-electron chi connectivity index (χ4n) is 3.74. The van der Waals surface area contributed by atoms with Crippen LogP contribution < -0.4 is 0 Å². The van der Waals surface area contributed by atoms with E-state index in [-0.39, 0.29) is 11.4 Å². The molecule has 22 heavy (non-hydrogen) atoms. The second-order valence-electron chi connectivity index (χ2n) is 6.16. The highest BCUT2D eigenvalue weighted by atomic mass is 19.1. The van der Waals surface area contributed by atoms with Crippen LogP contribution in [0.4, 0.5) is 8.78 Å². The first-order chi connectivity index (χ1) is 10.5. The van der Waals surface area contributed by atoms with E-state index < -0.39 is 23.1 Å². The standard InChI is InChI=1S/C15H15F2N3O2/c16-9-4-10(17)13-11(5-9)18-12(19-13)7-20-3-1-2-8-6-15(8,20)14(21)22/h4-5,8H,1-3,6-7H2,(H,18,19)(H,21,22)/t8-,15+/m1/s1. The maximum Gasteiger partial charge on any atom is 0.324 e. The normalized spacial score (nSPS) is 27.8. The summed E-state index contributed by atoms with van der Waals surface area (Å²) in [6.45, 7) is 0.981. The molecule has 0 unspecified atom stereocenters. The average Bonchev–Trinajstić information content (AvgIpc) is 3.08. The molecule has 0 radical (unpaired) electrons. The first-order valence-electron chi connectivity index (χ1n) is 7.33. The maximum atomic E-state index is 13.7. The van der Waals surface area contributed by atoms with Crippen molar-refractivity contribution in [1.82, 2.24) is 14.9 Å². The molecule has 2 aromatic rings. The summed E-state index contributed by atoms with van der Waals surface area (Å²) in [4.78, 5) is 20.6. The molecule has 4 rings (SSSR count). The number of imidazole rings is 1. The van der Waals surface area contributed by atoms with Crippen LogP contribution in [0.25, 0.3) is 11.0 Å². The number of nitrogens with zero attached hydrogens (tertiary/aromatic N) is 2. The second-order valence-corrected chi connectivity index (χ2v) is 6.16. The first-order valence-corrected chi connectivity index (χ1v) is 7.33. The van der Waals surface area contributed by atoms with Crippen LogP contribution in [0.1, 0.15) is 25.1 Å². The number of piperidine rings is 1. The van der Waals surface area contributed by atoms with Gasteiger partial charge in [-0.15, -0.1) is 0 Å². The lowest BCUT2D eigenvalue weighted by Gasteiger charge is -2.32. The number of rotatable bonds is 3. The summed E-state index contributed by atoms with van der Waals surface area (Å²) in [7, 11) is 0. The number of fused-ring (bicyclic) bond motifs is 2. The number of aliphatic carboxylic acids is 1. The molecule has 1 aliphatic carbocycles. The summed E-state index contributed by atoms with van der Waals surface area (Å²) >= 11 is 0. The van der Waals surface area contributed by atoms with Crippen LogP contribution in [0.15, 0.2) is 12.1 Å². The largest absolute Gasteiger partial charge is 0.480 e. The Morgan fingerprint density at radius 2 is 2.32 bits per heavy atom. The van der Waals surface area contributed by atoms with Crippen molar-refractivity contribution in [3.8, 4) is 0 Å². The maximum absolute atomic E-state index is 13.7. The minimum Gasteiger partial charge on any atom is -0.480 e. The van der Waals surface area contributed by atoms with Gasteiger partial charge in [-0.2, -0.15) is 0 Å². The Morgan fingerprint density at radius 3 is 3.09 bits per heavy atom. The molecule has 1 aromatic heterocycles. The highest BCUT2D eigenvalue weighted by Gasteiger charge is 2.65. The number of aromatic nitrogens is 2. The highest BCUT2D eigenvalue weighted by Crippen LogP contribution is 2.54. The highest BCUT2D eigenvalue weighted by molar-refractivity contribution is 5.83. The molecule has 2 heterocycles. The summed E-state index contributed by atoms with van der Waals surface area (Å²) < 4.78 is 26.9. The zero-order valence-corrected chi connectivity index (χ0v) is 11.8. The van der Waals surface area contributed by atoms with Gasteiger partial charge in [-0.1, -0.05) is 0 Å². The van der Waals surface area contributed by atoms with Gasteiger partial charge in [-0.3, -0.25) is 9.69 Å². The van der Waals surface area contributed by atoms with Gasteiger partial charge in [-0.25, -0.2) is 13.8 Å². The number of nitrogens with one attached hydrogen (secondary N) is 1. The summed E-state index contributed by atoms with van der Waals surface area (Å²) in [5, 5.41) is 9.53. The number of hydrogen-bond acceptors (Lipinski definition) is 3. The fraction of sp³-hybridized carbons (Fsp3) is 0.467. The SMILES string of the molecule is O=C(O)[C@]12C[C@H]1CCCN2Cc1nc2c(F)cc(F)cc2[nH]1. The van der Waals surface area contributed by atoms with Crippen LogP contribution in [0, 0.1) is 17.6 Å². The van der Waals surface area contributed by atoms with Crippen molar-refractivity contribution in [3.63, 3.8) is 0 Å². The van der Waals surface area contributed by atoms with E-state index in [1.165, 1.54) is 6.07 Å². The number of H-pyrrole nitrogens is 1. The summed E-state index contributed by atoms with van der Waals surface area (Å²) in [5.41, 5.74) is -0.410. The van der Waals surface area contributed by atoms with Crippen LogP contribution >= 0.6 is 0 Å². The number of carboxylic acid groups (broad SMARTS) is 1. The number of carboxylic acids is 1. The van der Waals surface area contributed by atoms with Crippen molar-refractivity contribution in [3.05, 3.63) is 29.6 Å². The first kappa shape index (κ1) is 13.6. The van der Waals surface area contributed by atoms with E-state index in [0.29, 0.717) is 30.9 Å². The monoisotopic (exact) mass is 307 g/mol. The minimum absolute atomic E-state index is 0.0881. The Morgan fingerprint density at radius 1 is 1.50 bits per heavy atom. The van der Waals surface area contributed by atoms with Gasteiger partial charge in [0.2, 0.25) is 0 Å². The Labute approximate surface area is 124 Å². The molecule has 2 fully saturated rings. The van der Waals surface area contributed by atoms with Gasteiger partial charge in [0, 0.05) is 6.07 Å². The molecule has 1 aromatic carbocycles. The Hall–Kier alpha value is -2.02. The van der Waals surface area contributed by atoms with Gasteiger partial charge in [0.15, 0.2) is 5.82 Å². The molecule has 1 saturated heterocycles. The molecule has 2 N–H and O–H groups in total. The van der Waals surface area contributed by atoms with Gasteiger partial charge in [0.05, 0.1) is 12.1 Å². The van der Waals surface area contributed by atoms with Crippen LogP contribution in [0.5, 0.6) is 0 Å². The van der Waals surface area contributed by atoms with Crippen molar-refractivity contribution >= 4 is 17.0 Å². The Balaban J connectivity index is 1.66. The van der Waals surface area contributed by atoms with Crippen molar-refractivity contribution < 1.29 is 18.7 Å². The number of hydrogen-bond donors (Lipinski definition) is 2. The minimum atomic E-state index is -0.800. The number of carbonyl (C=O) groups is 1. The molecule has 0 spiro atoms. The van der Waals surface area contributed by atoms with Crippen molar-refractivity contribution in [1.29, 1.82) is 0 Å². The van der Waals surface area contributed by atoms with Gasteiger partial charge in [-0.05, 0) is 37.8 Å².